The van der Waals surface area contributed by atoms with Gasteiger partial charge in [-0.05, 0) is 49.3 Å². The number of halogens is 4. The van der Waals surface area contributed by atoms with Gasteiger partial charge in [-0.25, -0.2) is 27.5 Å². The van der Waals surface area contributed by atoms with Crippen LogP contribution in [-0.4, -0.2) is 28.9 Å². The standard InChI is InChI=1S/C23H22F4N4S/c1-5-18(26)19(27)8-16(24)6-13(2)11-31-12-17(25)10-28-23(31)30-20-9-22-21(7-14(20)3)29-15(4)32-22/h5-7,9,12H,1-2,8,10-11H2,3-4H3,(H,28,30)/b16-6+,19-18-. The van der Waals surface area contributed by atoms with Crippen molar-refractivity contribution in [3.63, 3.8) is 0 Å². The Morgan fingerprint density at radius 1 is 1.28 bits per heavy atom. The van der Waals surface area contributed by atoms with Crippen LogP contribution < -0.4 is 5.32 Å². The number of fused-ring (bicyclic) bond motifs is 1. The molecule has 1 aromatic heterocycles. The zero-order valence-corrected chi connectivity index (χ0v) is 18.5. The van der Waals surface area contributed by atoms with Gasteiger partial charge >= 0.3 is 0 Å². The molecule has 4 nitrogen and oxygen atoms in total. The lowest BCUT2D eigenvalue weighted by molar-refractivity contribution is 0.499. The van der Waals surface area contributed by atoms with E-state index in [4.69, 9.17) is 0 Å². The van der Waals surface area contributed by atoms with E-state index in [2.05, 4.69) is 28.5 Å². The predicted octanol–water partition coefficient (Wildman–Crippen LogP) is 6.94. The minimum Gasteiger partial charge on any atom is -0.326 e. The van der Waals surface area contributed by atoms with E-state index in [9.17, 15) is 17.6 Å². The number of thiazole rings is 1. The van der Waals surface area contributed by atoms with E-state index < -0.39 is 29.7 Å². The highest BCUT2D eigenvalue weighted by Gasteiger charge is 2.18. The van der Waals surface area contributed by atoms with Crippen LogP contribution in [0.25, 0.3) is 10.2 Å². The largest absolute Gasteiger partial charge is 0.326 e. The summed E-state index contributed by atoms with van der Waals surface area (Å²) in [6.45, 7) is 10.5. The Morgan fingerprint density at radius 3 is 2.75 bits per heavy atom. The Balaban J connectivity index is 1.76. The van der Waals surface area contributed by atoms with Gasteiger partial charge in [0.2, 0.25) is 5.96 Å². The molecule has 32 heavy (non-hydrogen) atoms. The van der Waals surface area contributed by atoms with Crippen molar-refractivity contribution < 1.29 is 17.6 Å². The average molecular weight is 463 g/mol. The van der Waals surface area contributed by atoms with Crippen LogP contribution in [0.15, 0.2) is 77.5 Å². The van der Waals surface area contributed by atoms with E-state index in [1.54, 1.807) is 11.3 Å². The van der Waals surface area contributed by atoms with Crippen molar-refractivity contribution in [1.82, 2.24) is 9.88 Å². The fraction of sp³-hybridized carbons (Fsp3) is 0.217. The second kappa shape index (κ2) is 9.95. The van der Waals surface area contributed by atoms with Gasteiger partial charge in [-0.15, -0.1) is 11.3 Å². The summed E-state index contributed by atoms with van der Waals surface area (Å²) in [6, 6.07) is 3.90. The van der Waals surface area contributed by atoms with Gasteiger partial charge in [-0.1, -0.05) is 13.2 Å². The molecule has 0 bridgehead atoms. The van der Waals surface area contributed by atoms with Gasteiger partial charge in [0, 0.05) is 11.9 Å². The van der Waals surface area contributed by atoms with Gasteiger partial charge in [0.05, 0.1) is 34.7 Å². The smallest absolute Gasteiger partial charge is 0.203 e. The summed E-state index contributed by atoms with van der Waals surface area (Å²) in [5.41, 5.74) is 2.82. The monoisotopic (exact) mass is 462 g/mol. The quantitative estimate of drug-likeness (QED) is 0.358. The molecule has 0 atom stereocenters. The number of rotatable bonds is 7. The number of nitrogens with one attached hydrogen (secondary N) is 1. The molecule has 0 radical (unpaired) electrons. The number of aliphatic imine (C=N–C) groups is 1. The van der Waals surface area contributed by atoms with Crippen LogP contribution in [0, 0.1) is 13.8 Å². The summed E-state index contributed by atoms with van der Waals surface area (Å²) < 4.78 is 55.5. The first-order valence-electron chi connectivity index (χ1n) is 9.68. The van der Waals surface area contributed by atoms with Crippen LogP contribution in [0.3, 0.4) is 0 Å². The summed E-state index contributed by atoms with van der Waals surface area (Å²) in [4.78, 5) is 10.1. The third kappa shape index (κ3) is 5.73. The van der Waals surface area contributed by atoms with Crippen molar-refractivity contribution in [3.05, 3.63) is 83.1 Å². The first kappa shape index (κ1) is 23.5. The molecule has 0 amide bonds. The summed E-state index contributed by atoms with van der Waals surface area (Å²) in [5.74, 6) is -3.52. The van der Waals surface area contributed by atoms with E-state index in [0.29, 0.717) is 12.0 Å². The molecule has 1 aliphatic heterocycles. The Labute approximate surface area is 187 Å². The molecule has 0 aliphatic carbocycles. The number of hydrogen-bond acceptors (Lipinski definition) is 5. The van der Waals surface area contributed by atoms with Gasteiger partial charge in [-0.3, -0.25) is 0 Å². The summed E-state index contributed by atoms with van der Waals surface area (Å²) >= 11 is 1.56. The maximum atomic E-state index is 14.0. The molecule has 1 aromatic carbocycles. The second-order valence-electron chi connectivity index (χ2n) is 7.22. The topological polar surface area (TPSA) is 40.5 Å². The number of benzene rings is 1. The van der Waals surface area contributed by atoms with Crippen LogP contribution in [0.2, 0.25) is 0 Å². The maximum Gasteiger partial charge on any atom is 0.203 e. The highest BCUT2D eigenvalue weighted by atomic mass is 32.1. The molecule has 3 rings (SSSR count). The number of aromatic nitrogens is 1. The van der Waals surface area contributed by atoms with Crippen molar-refractivity contribution in [2.75, 3.05) is 18.4 Å². The van der Waals surface area contributed by atoms with Crippen LogP contribution in [0.4, 0.5) is 23.2 Å². The molecular formula is C23H22F4N4S. The SMILES string of the molecule is C=C/C(F)=C(/F)C/C(F)=C\C(=C)CN1C=C(F)CN=C1Nc1cc2sc(C)nc2cc1C. The van der Waals surface area contributed by atoms with Crippen molar-refractivity contribution in [3.8, 4) is 0 Å². The Hall–Kier alpha value is -3.20. The maximum absolute atomic E-state index is 14.0. The van der Waals surface area contributed by atoms with E-state index >= 15 is 0 Å². The zero-order chi connectivity index (χ0) is 23.4. The lowest BCUT2D eigenvalue weighted by Gasteiger charge is -2.27. The van der Waals surface area contributed by atoms with Crippen molar-refractivity contribution in [2.45, 2.75) is 20.3 Å². The Kier molecular flexibility index (Phi) is 7.29. The minimum atomic E-state index is -1.27. The van der Waals surface area contributed by atoms with Gasteiger partial charge < -0.3 is 10.2 Å². The molecule has 168 valence electrons. The van der Waals surface area contributed by atoms with Crippen LogP contribution in [-0.2, 0) is 0 Å². The molecule has 0 unspecified atom stereocenters. The number of hydrogen-bond donors (Lipinski definition) is 1. The third-order valence-corrected chi connectivity index (χ3v) is 5.47. The molecule has 1 N–H and O–H groups in total. The molecule has 1 aliphatic rings. The first-order valence-corrected chi connectivity index (χ1v) is 10.5. The molecular weight excluding hydrogens is 440 g/mol. The Morgan fingerprint density at radius 2 is 2.03 bits per heavy atom. The second-order valence-corrected chi connectivity index (χ2v) is 8.45. The molecule has 0 saturated carbocycles. The average Bonchev–Trinajstić information content (AvgIpc) is 3.07. The van der Waals surface area contributed by atoms with Crippen LogP contribution in [0.1, 0.15) is 17.0 Å². The fourth-order valence-corrected chi connectivity index (χ4v) is 3.92. The summed E-state index contributed by atoms with van der Waals surface area (Å²) in [7, 11) is 0. The summed E-state index contributed by atoms with van der Waals surface area (Å²) in [5, 5.41) is 4.14. The molecule has 2 aromatic rings. The predicted molar refractivity (Wildman–Crippen MR) is 123 cm³/mol. The van der Waals surface area contributed by atoms with Gasteiger partial charge in [0.25, 0.3) is 0 Å². The number of allylic oxidation sites excluding steroid dienone is 4. The minimum absolute atomic E-state index is 0.0110. The number of anilines is 1. The highest BCUT2D eigenvalue weighted by molar-refractivity contribution is 7.18. The van der Waals surface area contributed by atoms with Gasteiger partial charge in [0.15, 0.2) is 5.83 Å². The van der Waals surface area contributed by atoms with Gasteiger partial charge in [-0.2, -0.15) is 0 Å². The van der Waals surface area contributed by atoms with E-state index in [1.807, 2.05) is 26.0 Å². The molecule has 0 saturated heterocycles. The molecule has 2 heterocycles. The first-order chi connectivity index (χ1) is 15.2. The van der Waals surface area contributed by atoms with Crippen molar-refractivity contribution in [2.24, 2.45) is 4.99 Å². The fourth-order valence-electron chi connectivity index (χ4n) is 3.07. The number of guanidine groups is 1. The molecule has 9 heteroatoms. The number of aryl methyl sites for hydroxylation is 2. The highest BCUT2D eigenvalue weighted by Crippen LogP contribution is 2.28. The van der Waals surface area contributed by atoms with E-state index in [1.165, 1.54) is 11.1 Å². The third-order valence-electron chi connectivity index (χ3n) is 4.53. The molecule has 0 fully saturated rings. The van der Waals surface area contributed by atoms with Crippen LogP contribution in [0.5, 0.6) is 0 Å². The summed E-state index contributed by atoms with van der Waals surface area (Å²) in [6.07, 6.45) is 2.05. The van der Waals surface area contributed by atoms with Crippen LogP contribution >= 0.6 is 11.3 Å². The normalized spacial score (nSPS) is 15.3. The Bertz CT molecular complexity index is 1190. The lowest BCUT2D eigenvalue weighted by Crippen LogP contribution is -2.36. The van der Waals surface area contributed by atoms with E-state index in [0.717, 1.165) is 32.6 Å². The zero-order valence-electron chi connectivity index (χ0n) is 17.7. The van der Waals surface area contributed by atoms with Gasteiger partial charge in [0.1, 0.15) is 17.5 Å². The van der Waals surface area contributed by atoms with Crippen molar-refractivity contribution in [1.29, 1.82) is 0 Å². The lowest BCUT2D eigenvalue weighted by atomic mass is 10.2. The number of nitrogens with zero attached hydrogens (tertiary/aromatic N) is 3. The van der Waals surface area contributed by atoms with E-state index in [-0.39, 0.29) is 18.7 Å². The molecule has 0 spiro atoms. The van der Waals surface area contributed by atoms with Crippen molar-refractivity contribution >= 4 is 33.2 Å².